The Kier molecular flexibility index (Phi) is 49.8. The number of phenolic OH excluding ortho intramolecular Hbond substituents is 1. The van der Waals surface area contributed by atoms with Gasteiger partial charge in [-0.05, 0) is 207 Å². The van der Waals surface area contributed by atoms with Crippen LogP contribution < -0.4 is 59.3 Å². The largest absolute Gasteiger partial charge is 2.00 e. The number of phenols is 1. The number of aryl methyl sites for hydroxylation is 1. The van der Waals surface area contributed by atoms with Crippen LogP contribution in [0.5, 0.6) is 46.0 Å². The number of fused-ring (bicyclic) bond motifs is 6. The number of aromatic carboxylic acids is 1. The molecule has 0 atom stereocenters. The number of carbonyl (C=O) groups excluding carboxylic acids is 7. The summed E-state index contributed by atoms with van der Waals surface area (Å²) in [6.45, 7) is 11.6. The van der Waals surface area contributed by atoms with Crippen LogP contribution in [0.25, 0.3) is 6.08 Å². The number of benzene rings is 9. The van der Waals surface area contributed by atoms with Crippen molar-refractivity contribution in [2.45, 2.75) is 52.3 Å². The number of nitrogens with zero attached hydrogens (tertiary/aromatic N) is 1. The maximum absolute atomic E-state index is 11.5. The Hall–Kier alpha value is -10.2. The van der Waals surface area contributed by atoms with Gasteiger partial charge in [-0.25, -0.2) is 19.2 Å². The van der Waals surface area contributed by atoms with Crippen LogP contribution >= 0.6 is 95.1 Å². The first kappa shape index (κ1) is 107. The van der Waals surface area contributed by atoms with E-state index in [0.717, 1.165) is 74.7 Å². The van der Waals surface area contributed by atoms with Crippen LogP contribution in [0.15, 0.2) is 185 Å². The Balaban J connectivity index is 0.000000458. The number of rotatable bonds is 15. The van der Waals surface area contributed by atoms with Crippen LogP contribution in [0, 0.1) is 34.1 Å². The number of carboxylic acids is 1. The van der Waals surface area contributed by atoms with E-state index >= 15 is 0 Å². The van der Waals surface area contributed by atoms with Crippen molar-refractivity contribution in [2.75, 3.05) is 88.1 Å². The molecular weight excluding hydrogens is 2000 g/mol. The third-order valence-corrected chi connectivity index (χ3v) is 19.0. The summed E-state index contributed by atoms with van der Waals surface area (Å²) in [5.41, 5.74) is 12.6. The van der Waals surface area contributed by atoms with Crippen LogP contribution in [0.2, 0.25) is 0 Å². The van der Waals surface area contributed by atoms with Gasteiger partial charge in [0.25, 0.3) is 23.6 Å². The first-order valence-corrected chi connectivity index (χ1v) is 41.1. The molecule has 5 aliphatic rings. The number of terminal acetylenes is 1. The molecule has 14 rings (SSSR count). The van der Waals surface area contributed by atoms with Crippen molar-refractivity contribution in [1.29, 1.82) is 0 Å². The molecule has 33 heteroatoms. The summed E-state index contributed by atoms with van der Waals surface area (Å²) >= 11 is 19.0. The second-order valence-electron chi connectivity index (χ2n) is 24.2. The van der Waals surface area contributed by atoms with E-state index < -0.39 is 5.97 Å². The van der Waals surface area contributed by atoms with Gasteiger partial charge in [-0.3, -0.25) is 19.2 Å². The number of anilines is 1. The second kappa shape index (κ2) is 56.4. The fourth-order valence-corrected chi connectivity index (χ4v) is 12.2. The number of carbonyl (C=O) groups is 8. The molecule has 638 valence electrons. The molecule has 0 spiro atoms. The van der Waals surface area contributed by atoms with Gasteiger partial charge < -0.3 is 98.6 Å². The van der Waals surface area contributed by atoms with E-state index in [4.69, 9.17) is 49.8 Å². The van der Waals surface area contributed by atoms with Crippen molar-refractivity contribution in [3.05, 3.63) is 283 Å². The normalized spacial score (nSPS) is 11.3. The predicted octanol–water partition coefficient (Wildman–Crippen LogP) is 18.0. The number of halogens is 6. The summed E-state index contributed by atoms with van der Waals surface area (Å²) in [6.07, 6.45) is 8.95. The fourth-order valence-electron chi connectivity index (χ4n) is 10.9. The number of nitrogens with one attached hydrogen (secondary N) is 4. The van der Waals surface area contributed by atoms with Crippen LogP contribution in [-0.2, 0) is 65.2 Å². The third kappa shape index (κ3) is 33.6. The van der Waals surface area contributed by atoms with E-state index in [1.54, 1.807) is 95.2 Å². The molecule has 4 amide bonds. The zero-order chi connectivity index (χ0) is 87.0. The van der Waals surface area contributed by atoms with Crippen molar-refractivity contribution in [3.8, 4) is 58.3 Å². The molecule has 9 aromatic rings. The van der Waals surface area contributed by atoms with Gasteiger partial charge in [0.05, 0.1) is 84.7 Å². The standard InChI is InChI=1S/2C11H9NO2.C10H11BrO3.C10H15N.C10H12O3.C9H9BrO3.C9H9NO2.C8H7BrO3.C8H7NO2.2CH3.BBr3.Zn/c13-11-10-7(6-12-11)3-4-9-8(10)2-1-5-14-9;1-2-5-14-9-4-3-8-7-12-11(13)10(8)6-9;1-13-8-4-3-7(6-11)9(5-8)10(12)14-2;1-3-11(4-2)10-8-6-5-7-9-10;1-7-4-5-8(12-2)6-9(7)10(11)13-3;1-12-6-3-4-8(10)7(5-6)9(11)13-2;1-12-7-3-2-6-5-10-9(11)8(6)4-7;1-12-5-2-3-7(9)6(4-5)8(10)11;10-6-2-1-5-4-9-8(11)7(5)3-6;;;2-1(3)4;/h1-4H,5-6H2,(H,12,13);1,3-4,6H,5,7H2,(H,12,13);3-5H,6H2,1-2H3;5-9H,3-4H2,1-2H3;4-6H,1-3H3;3-5H,1-2H3;2-4H,5H2,1H3,(H,10,11);2-4H,1H3,(H,10,11);1-3,10H,4H2,(H,9,11);2*1H3;;/q;;;;;;;;;2*-1;;+2. The number of amides is 4. The zero-order valence-electron chi connectivity index (χ0n) is 69.0. The molecule has 5 heterocycles. The van der Waals surface area contributed by atoms with Crippen LogP contribution in [0.1, 0.15) is 136 Å². The number of hydrogen-bond donors (Lipinski definition) is 6. The summed E-state index contributed by atoms with van der Waals surface area (Å²) in [7, 11) is 11.8. The molecule has 121 heavy (non-hydrogen) atoms. The van der Waals surface area contributed by atoms with Crippen LogP contribution in [0.4, 0.5) is 5.69 Å². The molecule has 0 aliphatic carbocycles. The van der Waals surface area contributed by atoms with Gasteiger partial charge in [-0.1, -0.05) is 82.5 Å². The Morgan fingerprint density at radius 2 is 0.909 bits per heavy atom. The number of hydrogen-bond acceptors (Lipinski definition) is 20. The van der Waals surface area contributed by atoms with Crippen LogP contribution in [-0.4, -0.2) is 144 Å². The maximum Gasteiger partial charge on any atom is 2.00 e. The summed E-state index contributed by atoms with van der Waals surface area (Å²) in [5.74, 6) is 4.96. The molecule has 25 nitrogen and oxygen atoms in total. The van der Waals surface area contributed by atoms with Crippen molar-refractivity contribution in [1.82, 2.24) is 21.3 Å². The SMILES string of the molecule is BrB(Br)Br.C#CCOc1ccc2c(c1)C(=O)NC2.CCN(CC)c1ccccc1.COC(=O)c1cc(OC)ccc1Br.COC(=O)c1cc(OC)ccc1C.COC(=O)c1cc(OC)ccc1CBr.COc1ccc(Br)c(C(=O)O)c1.COc1ccc2c(c1)C(=O)NC2.O=C1NCc2ccc(O)cc21.O=C1NCc2ccc3c(c21)C=CCO3.[CH3-].[CH3-].[Zn+2]. The number of carboxylic acid groups (broad SMARTS) is 1. The van der Waals surface area contributed by atoms with E-state index in [9.17, 15) is 38.4 Å². The Morgan fingerprint density at radius 3 is 1.40 bits per heavy atom. The smallest absolute Gasteiger partial charge is 0.508 e. The average molecular weight is 2100 g/mol. The molecular formula is C88H94BBr6N5O20Zn. The molecule has 0 saturated heterocycles. The Labute approximate surface area is 769 Å². The first-order valence-electron chi connectivity index (χ1n) is 35.6. The maximum atomic E-state index is 11.5. The van der Waals surface area contributed by atoms with Gasteiger partial charge in [0, 0.05) is 81.5 Å². The number of para-hydroxylation sites is 1. The van der Waals surface area contributed by atoms with E-state index in [-0.39, 0.29) is 97.0 Å². The van der Waals surface area contributed by atoms with Crippen molar-refractivity contribution >= 4 is 158 Å². The molecule has 9 aromatic carbocycles. The van der Waals surface area contributed by atoms with Gasteiger partial charge in [0.2, 0.25) is 0 Å². The molecule has 0 bridgehead atoms. The van der Waals surface area contributed by atoms with Crippen molar-refractivity contribution < 1.29 is 115 Å². The number of ether oxygens (including phenoxy) is 10. The third-order valence-electron chi connectivity index (χ3n) is 17.0. The molecule has 0 aromatic heterocycles. The molecule has 0 fully saturated rings. The number of aromatic hydroxyl groups is 1. The minimum absolute atomic E-state index is 0. The Morgan fingerprint density at radius 1 is 0.512 bits per heavy atom. The fraction of sp³-hybridized carbons (Fsp3) is 0.227. The van der Waals surface area contributed by atoms with Crippen molar-refractivity contribution in [2.24, 2.45) is 0 Å². The van der Waals surface area contributed by atoms with E-state index in [1.165, 1.54) is 46.3 Å². The Bertz CT molecular complexity index is 4940. The minimum atomic E-state index is -0.972. The monoisotopic (exact) mass is 2090 g/mol. The van der Waals surface area contributed by atoms with Gasteiger partial charge >= 0.3 is 46.5 Å². The van der Waals surface area contributed by atoms with Gasteiger partial charge in [-0.15, -0.1) is 53.7 Å². The van der Waals surface area contributed by atoms with E-state index in [1.807, 2.05) is 85.8 Å². The summed E-state index contributed by atoms with van der Waals surface area (Å²) in [4.78, 5) is 91.7. The second-order valence-corrected chi connectivity index (χ2v) is 32.9. The molecule has 5 aliphatic heterocycles. The quantitative estimate of drug-likeness (QED) is 0.0139. The summed E-state index contributed by atoms with van der Waals surface area (Å²) in [5, 5.41) is 29.3. The minimum Gasteiger partial charge on any atom is -0.508 e. The average Bonchev–Trinajstić information content (AvgIpc) is 1.65. The number of alkyl halides is 1. The zero-order valence-corrected chi connectivity index (χ0v) is 81.5. The van der Waals surface area contributed by atoms with Crippen LogP contribution in [0.3, 0.4) is 0 Å². The topological polar surface area (TPSA) is 321 Å². The summed E-state index contributed by atoms with van der Waals surface area (Å²) in [6, 6.07) is 50.7. The van der Waals surface area contributed by atoms with Gasteiger partial charge in [-0.2, -0.15) is 0 Å². The van der Waals surface area contributed by atoms with Gasteiger partial charge in [0.15, 0.2) is 0 Å². The van der Waals surface area contributed by atoms with Gasteiger partial charge in [0.1, 0.15) is 59.2 Å². The molecule has 0 saturated carbocycles. The number of methoxy groups -OCH3 is 8. The number of esters is 3. The summed E-state index contributed by atoms with van der Waals surface area (Å²) < 4.78 is 50.9. The predicted molar refractivity (Wildman–Crippen MR) is 489 cm³/mol. The molecule has 6 N–H and O–H groups in total. The van der Waals surface area contributed by atoms with E-state index in [2.05, 4.69) is 179 Å². The first-order chi connectivity index (χ1) is 56.6. The van der Waals surface area contributed by atoms with Crippen molar-refractivity contribution in [3.63, 3.8) is 0 Å². The molecule has 0 radical (unpaired) electrons. The van der Waals surface area contributed by atoms with E-state index in [0.29, 0.717) is 104 Å². The molecule has 0 unspecified atom stereocenters.